The molecule has 17 heavy (non-hydrogen) atoms. The maximum atomic E-state index is 11.0. The second-order valence-electron chi connectivity index (χ2n) is 3.53. The van der Waals surface area contributed by atoms with E-state index in [-0.39, 0.29) is 4.88 Å². The second-order valence-corrected chi connectivity index (χ2v) is 5.40. The van der Waals surface area contributed by atoms with Crippen molar-refractivity contribution in [2.45, 2.75) is 6.54 Å². The molecular weight excluding hydrogens is 308 g/mol. The molecule has 88 valence electrons. The average Bonchev–Trinajstić information content (AvgIpc) is 2.80. The highest BCUT2D eigenvalue weighted by Crippen LogP contribution is 2.42. The number of ether oxygens (including phenoxy) is 1. The van der Waals surface area contributed by atoms with Gasteiger partial charge in [0.1, 0.15) is 11.5 Å². The normalized spacial score (nSPS) is 13.5. The zero-order valence-electron chi connectivity index (χ0n) is 8.51. The number of nitrogens with zero attached hydrogens (tertiary/aromatic N) is 2. The van der Waals surface area contributed by atoms with Gasteiger partial charge in [-0.3, -0.25) is 4.68 Å². The molecule has 2 aromatic heterocycles. The van der Waals surface area contributed by atoms with Crippen LogP contribution >= 0.6 is 27.3 Å². The lowest BCUT2D eigenvalue weighted by Gasteiger charge is -2.00. The van der Waals surface area contributed by atoms with Gasteiger partial charge < -0.3 is 9.84 Å². The number of carboxylic acids is 1. The molecule has 1 aliphatic heterocycles. The van der Waals surface area contributed by atoms with Gasteiger partial charge in [0.2, 0.25) is 0 Å². The van der Waals surface area contributed by atoms with Crippen LogP contribution in [0.3, 0.4) is 0 Å². The number of aromatic carboxylic acids is 1. The van der Waals surface area contributed by atoms with Gasteiger partial charge in [0.15, 0.2) is 5.06 Å². The minimum Gasteiger partial charge on any atom is -0.481 e. The van der Waals surface area contributed by atoms with E-state index in [0.717, 1.165) is 27.1 Å². The highest BCUT2D eigenvalue weighted by Gasteiger charge is 2.23. The van der Waals surface area contributed by atoms with Crippen molar-refractivity contribution in [3.63, 3.8) is 0 Å². The number of rotatable bonds is 1. The lowest BCUT2D eigenvalue weighted by atomic mass is 10.2. The summed E-state index contributed by atoms with van der Waals surface area (Å²) >= 11 is 4.57. The van der Waals surface area contributed by atoms with E-state index in [1.165, 1.54) is 0 Å². The van der Waals surface area contributed by atoms with Crippen molar-refractivity contribution < 1.29 is 14.6 Å². The fourth-order valence-electron chi connectivity index (χ4n) is 1.78. The Labute approximate surface area is 109 Å². The molecule has 3 rings (SSSR count). The molecule has 0 unspecified atom stereocenters. The molecule has 0 spiro atoms. The monoisotopic (exact) mass is 314 g/mol. The summed E-state index contributed by atoms with van der Waals surface area (Å²) in [5.41, 5.74) is 1.66. The van der Waals surface area contributed by atoms with Crippen LogP contribution in [0.5, 0.6) is 5.06 Å². The van der Waals surface area contributed by atoms with E-state index in [4.69, 9.17) is 9.84 Å². The first-order valence-electron chi connectivity index (χ1n) is 4.88. The third-order valence-corrected chi connectivity index (χ3v) is 4.11. The molecule has 0 aromatic carbocycles. The van der Waals surface area contributed by atoms with Gasteiger partial charge in [-0.25, -0.2) is 4.79 Å². The Hall–Kier alpha value is -1.34. The molecule has 0 bridgehead atoms. The van der Waals surface area contributed by atoms with Crippen LogP contribution in [0, 0.1) is 0 Å². The second kappa shape index (κ2) is 3.85. The Morgan fingerprint density at radius 2 is 2.47 bits per heavy atom. The van der Waals surface area contributed by atoms with Crippen molar-refractivity contribution in [3.05, 3.63) is 21.6 Å². The number of hydrogen-bond acceptors (Lipinski definition) is 4. The van der Waals surface area contributed by atoms with Gasteiger partial charge in [-0.15, -0.1) is 0 Å². The number of aromatic nitrogens is 2. The Balaban J connectivity index is 2.23. The maximum Gasteiger partial charge on any atom is 0.346 e. The summed E-state index contributed by atoms with van der Waals surface area (Å²) in [6, 6.07) is 1.63. The van der Waals surface area contributed by atoms with Gasteiger partial charge in [0, 0.05) is 0 Å². The van der Waals surface area contributed by atoms with E-state index in [0.29, 0.717) is 18.2 Å². The van der Waals surface area contributed by atoms with Crippen LogP contribution in [0.4, 0.5) is 0 Å². The Morgan fingerprint density at radius 1 is 1.65 bits per heavy atom. The molecule has 0 radical (unpaired) electrons. The molecule has 3 heterocycles. The van der Waals surface area contributed by atoms with Gasteiger partial charge in [-0.1, -0.05) is 11.3 Å². The summed E-state index contributed by atoms with van der Waals surface area (Å²) in [7, 11) is 0. The summed E-state index contributed by atoms with van der Waals surface area (Å²) < 4.78 is 8.21. The minimum absolute atomic E-state index is 0.275. The standard InChI is InChI=1S/C10H7BrN2O3S/c11-6-4-12-13-1-2-16-10-5(8(6)13)3-7(17-10)9(14)15/h3-4H,1-2H2,(H,14,15). The van der Waals surface area contributed by atoms with Crippen molar-refractivity contribution in [1.29, 1.82) is 0 Å². The van der Waals surface area contributed by atoms with Gasteiger partial charge in [0.25, 0.3) is 0 Å². The van der Waals surface area contributed by atoms with Crippen LogP contribution in [0.15, 0.2) is 16.7 Å². The first-order chi connectivity index (χ1) is 8.16. The SMILES string of the molecule is O=C(O)c1cc2c(s1)OCCn1ncc(Br)c1-2. The number of fused-ring (bicyclic) bond motifs is 3. The Bertz CT molecular complexity index is 605. The number of thiophene rings is 1. The van der Waals surface area contributed by atoms with Crippen LogP contribution in [0.1, 0.15) is 9.67 Å². The smallest absolute Gasteiger partial charge is 0.346 e. The van der Waals surface area contributed by atoms with Gasteiger partial charge >= 0.3 is 5.97 Å². The van der Waals surface area contributed by atoms with Gasteiger partial charge in [0.05, 0.1) is 28.5 Å². The molecule has 5 nitrogen and oxygen atoms in total. The fourth-order valence-corrected chi connectivity index (χ4v) is 3.16. The number of carboxylic acid groups (broad SMARTS) is 1. The van der Waals surface area contributed by atoms with E-state index in [2.05, 4.69) is 21.0 Å². The van der Waals surface area contributed by atoms with Crippen molar-refractivity contribution in [1.82, 2.24) is 9.78 Å². The Kier molecular flexibility index (Phi) is 2.44. The molecule has 2 aromatic rings. The third-order valence-electron chi connectivity index (χ3n) is 2.49. The largest absolute Gasteiger partial charge is 0.481 e. The van der Waals surface area contributed by atoms with Crippen LogP contribution in [-0.4, -0.2) is 27.5 Å². The summed E-state index contributed by atoms with van der Waals surface area (Å²) in [5.74, 6) is -0.936. The minimum atomic E-state index is -0.936. The summed E-state index contributed by atoms with van der Waals surface area (Å²) in [6.45, 7) is 1.15. The predicted octanol–water partition coefficient (Wildman–Crippen LogP) is 2.46. The fraction of sp³-hybridized carbons (Fsp3) is 0.200. The number of carbonyl (C=O) groups is 1. The van der Waals surface area contributed by atoms with Crippen LogP contribution in [0.25, 0.3) is 11.3 Å². The topological polar surface area (TPSA) is 64.3 Å². The first kappa shape index (κ1) is 10.8. The molecule has 0 atom stereocenters. The van der Waals surface area contributed by atoms with E-state index >= 15 is 0 Å². The zero-order valence-corrected chi connectivity index (χ0v) is 10.9. The molecule has 0 aliphatic carbocycles. The first-order valence-corrected chi connectivity index (χ1v) is 6.49. The zero-order chi connectivity index (χ0) is 12.0. The lowest BCUT2D eigenvalue weighted by molar-refractivity contribution is 0.0702. The lowest BCUT2D eigenvalue weighted by Crippen LogP contribution is -2.06. The highest BCUT2D eigenvalue weighted by atomic mass is 79.9. The maximum absolute atomic E-state index is 11.0. The van der Waals surface area contributed by atoms with E-state index in [1.807, 2.05) is 4.68 Å². The van der Waals surface area contributed by atoms with E-state index < -0.39 is 5.97 Å². The summed E-state index contributed by atoms with van der Waals surface area (Å²) in [6.07, 6.45) is 1.71. The molecule has 1 N–H and O–H groups in total. The van der Waals surface area contributed by atoms with Crippen molar-refractivity contribution in [3.8, 4) is 16.3 Å². The molecule has 0 fully saturated rings. The molecule has 1 aliphatic rings. The molecular formula is C10H7BrN2O3S. The van der Waals surface area contributed by atoms with Crippen LogP contribution < -0.4 is 4.74 Å². The summed E-state index contributed by atoms with van der Waals surface area (Å²) in [4.78, 5) is 11.2. The number of hydrogen-bond donors (Lipinski definition) is 1. The van der Waals surface area contributed by atoms with Crippen molar-refractivity contribution in [2.75, 3.05) is 6.61 Å². The van der Waals surface area contributed by atoms with Gasteiger partial charge in [-0.2, -0.15) is 5.10 Å². The van der Waals surface area contributed by atoms with Crippen LogP contribution in [-0.2, 0) is 6.54 Å². The van der Waals surface area contributed by atoms with E-state index in [9.17, 15) is 4.79 Å². The Morgan fingerprint density at radius 3 is 3.24 bits per heavy atom. The molecule has 0 amide bonds. The molecule has 0 saturated carbocycles. The third kappa shape index (κ3) is 1.66. The van der Waals surface area contributed by atoms with Crippen molar-refractivity contribution >= 4 is 33.2 Å². The predicted molar refractivity (Wildman–Crippen MR) is 65.7 cm³/mol. The van der Waals surface area contributed by atoms with Crippen molar-refractivity contribution in [2.24, 2.45) is 0 Å². The highest BCUT2D eigenvalue weighted by molar-refractivity contribution is 9.10. The molecule has 0 saturated heterocycles. The van der Waals surface area contributed by atoms with E-state index in [1.54, 1.807) is 12.3 Å². The summed E-state index contributed by atoms with van der Waals surface area (Å²) in [5, 5.41) is 13.9. The number of halogens is 1. The molecule has 7 heteroatoms. The quantitative estimate of drug-likeness (QED) is 0.878. The van der Waals surface area contributed by atoms with Crippen LogP contribution in [0.2, 0.25) is 0 Å². The van der Waals surface area contributed by atoms with Gasteiger partial charge in [-0.05, 0) is 22.0 Å². The average molecular weight is 315 g/mol.